The summed E-state index contributed by atoms with van der Waals surface area (Å²) in [6.45, 7) is 9.31. The van der Waals surface area contributed by atoms with Crippen LogP contribution in [0.5, 0.6) is 0 Å². The quantitative estimate of drug-likeness (QED) is 0.0175. The lowest BCUT2D eigenvalue weighted by Crippen LogP contribution is -2.28. The predicted octanol–water partition coefficient (Wildman–Crippen LogP) is 9.00. The molecule has 6 rings (SSSR count). The molecule has 1 fully saturated rings. The molecule has 0 amide bonds. The molecule has 1 saturated carbocycles. The van der Waals surface area contributed by atoms with Gasteiger partial charge in [-0.3, -0.25) is 9.35 Å². The van der Waals surface area contributed by atoms with Crippen molar-refractivity contribution in [2.45, 2.75) is 86.8 Å². The molecule has 0 radical (unpaired) electrons. The van der Waals surface area contributed by atoms with Crippen LogP contribution in [0.15, 0.2) is 93.1 Å². The third-order valence-corrected chi connectivity index (χ3v) is 14.5. The number of aliphatic carboxylic acids is 1. The molecule has 2 aliphatic heterocycles. The number of nitrogens with zero attached hydrogens (tertiary/aromatic N) is 2. The molecule has 62 heavy (non-hydrogen) atoms. The van der Waals surface area contributed by atoms with Gasteiger partial charge in [-0.05, 0) is 111 Å². The molecule has 2 aliphatic carbocycles. The van der Waals surface area contributed by atoms with Gasteiger partial charge < -0.3 is 14.7 Å². The Morgan fingerprint density at radius 3 is 2.29 bits per heavy atom. The van der Waals surface area contributed by atoms with Gasteiger partial charge in [-0.15, -0.1) is 13.0 Å². The minimum absolute atomic E-state index is 0.0366. The van der Waals surface area contributed by atoms with E-state index in [1.165, 1.54) is 12.1 Å². The van der Waals surface area contributed by atoms with Crippen molar-refractivity contribution in [3.05, 3.63) is 94.4 Å². The fraction of sp³-hybridized carbons (Fsp3) is 0.463. The Hall–Kier alpha value is -3.26. The summed E-state index contributed by atoms with van der Waals surface area (Å²) in [5, 5.41) is 47.0. The van der Waals surface area contributed by atoms with Crippen molar-refractivity contribution in [2.24, 2.45) is 11.8 Å². The molecule has 21 heteroatoms. The van der Waals surface area contributed by atoms with Crippen LogP contribution < -0.4 is 4.90 Å². The number of allylic oxidation sites excluding steroid dienone is 7. The molecule has 2 bridgehead atoms. The highest BCUT2D eigenvalue weighted by Crippen LogP contribution is 2.52. The van der Waals surface area contributed by atoms with Crippen LogP contribution in [0, 0.1) is 11.8 Å². The van der Waals surface area contributed by atoms with Gasteiger partial charge in [-0.2, -0.15) is 13.0 Å². The van der Waals surface area contributed by atoms with Crippen LogP contribution in [0.1, 0.15) is 77.3 Å². The maximum absolute atomic E-state index is 12.2. The zero-order chi connectivity index (χ0) is 44.7. The molecule has 2 aromatic carbocycles. The molecular formula is C41H51N2O15S4+. The first-order chi connectivity index (χ1) is 29.6. The van der Waals surface area contributed by atoms with Crippen molar-refractivity contribution in [1.82, 2.24) is 0 Å². The van der Waals surface area contributed by atoms with Crippen LogP contribution in [0.4, 0.5) is 11.4 Å². The van der Waals surface area contributed by atoms with Gasteiger partial charge in [0.1, 0.15) is 12.3 Å². The first-order valence-corrected chi connectivity index (χ1v) is 23.9. The second kappa shape index (κ2) is 21.2. The SMILES string of the molecule is CC1(C)C(/C=C/C2=C(OCCC(=O)O)C(=C/C=C3/N(CCCSOOO)c4ccc(S(=O)(=O)O)cc4C3(C)C)/C3CCC2C3)=[N+](CCCSOOO)c2ccc(SOOO)cc21. The Labute approximate surface area is 372 Å². The van der Waals surface area contributed by atoms with Gasteiger partial charge in [0.25, 0.3) is 10.1 Å². The normalized spacial score (nSPS) is 21.5. The van der Waals surface area contributed by atoms with E-state index in [9.17, 15) is 22.9 Å². The zero-order valence-electron chi connectivity index (χ0n) is 34.6. The van der Waals surface area contributed by atoms with Crippen LogP contribution in [0.3, 0.4) is 0 Å². The lowest BCUT2D eigenvalue weighted by atomic mass is 9.79. The second-order valence-corrected chi connectivity index (χ2v) is 19.9. The molecule has 4 aliphatic rings. The molecule has 17 nitrogen and oxygen atoms in total. The molecular weight excluding hydrogens is 889 g/mol. The van der Waals surface area contributed by atoms with Crippen molar-refractivity contribution in [3.8, 4) is 0 Å². The molecule has 5 N–H and O–H groups in total. The van der Waals surface area contributed by atoms with Gasteiger partial charge in [0.2, 0.25) is 5.69 Å². The van der Waals surface area contributed by atoms with Crippen molar-refractivity contribution in [1.29, 1.82) is 0 Å². The summed E-state index contributed by atoms with van der Waals surface area (Å²) in [4.78, 5) is 14.4. The van der Waals surface area contributed by atoms with Crippen molar-refractivity contribution in [2.75, 3.05) is 36.1 Å². The first-order valence-electron chi connectivity index (χ1n) is 19.9. The lowest BCUT2D eigenvalue weighted by molar-refractivity contribution is -0.438. The fourth-order valence-corrected chi connectivity index (χ4v) is 10.6. The summed E-state index contributed by atoms with van der Waals surface area (Å²) < 4.78 is 57.0. The Morgan fingerprint density at radius 2 is 1.60 bits per heavy atom. The first kappa shape index (κ1) is 48.2. The van der Waals surface area contributed by atoms with E-state index in [0.29, 0.717) is 43.2 Å². The molecule has 2 unspecified atom stereocenters. The van der Waals surface area contributed by atoms with E-state index in [1.54, 1.807) is 6.07 Å². The van der Waals surface area contributed by atoms with E-state index < -0.39 is 26.9 Å². The topological polar surface area (TPSA) is 223 Å². The largest absolute Gasteiger partial charge is 0.492 e. The number of anilines is 1. The number of rotatable bonds is 23. The Kier molecular flexibility index (Phi) is 16.4. The Bertz CT molecular complexity index is 2240. The van der Waals surface area contributed by atoms with Gasteiger partial charge in [0.05, 0.1) is 35.4 Å². The molecule has 0 aromatic heterocycles. The highest BCUT2D eigenvalue weighted by atomic mass is 32.2. The standard InChI is InChI=1S/C41H50N2O15S4/c1-40(2)32-24-28(61-58-55-48)9-13-34(32)42(18-5-21-59-56-53-46)36(40)15-11-30-26-7-8-27(23-26)31(39(30)52-20-17-38(44)45)12-16-37-41(3,4)33-25-29(62(49,50)51)10-14-35(33)43(37)19-6-22-60-57-54-47/h9-16,24-27H,5-8,17-23H2,1-4H3,(H4-,44,45,46,47,48,49,50,51)/p+1. The van der Waals surface area contributed by atoms with Crippen LogP contribution in [0.2, 0.25) is 0 Å². The average molecular weight is 940 g/mol. The second-order valence-electron chi connectivity index (χ2n) is 16.1. The molecule has 2 heterocycles. The Balaban J connectivity index is 1.44. The van der Waals surface area contributed by atoms with Crippen molar-refractivity contribution < 1.29 is 76.1 Å². The van der Waals surface area contributed by atoms with Crippen molar-refractivity contribution >= 4 is 69.3 Å². The summed E-state index contributed by atoms with van der Waals surface area (Å²) in [5.74, 6) is 0.984. The molecule has 0 saturated heterocycles. The van der Waals surface area contributed by atoms with E-state index >= 15 is 0 Å². The summed E-state index contributed by atoms with van der Waals surface area (Å²) in [6.07, 6.45) is 12.1. The van der Waals surface area contributed by atoms with Gasteiger partial charge in [-0.1, -0.05) is 35.0 Å². The maximum atomic E-state index is 12.2. The van der Waals surface area contributed by atoms with Crippen LogP contribution in [0.25, 0.3) is 0 Å². The monoisotopic (exact) mass is 939 g/mol. The minimum atomic E-state index is -4.47. The van der Waals surface area contributed by atoms with E-state index in [1.807, 2.05) is 38.1 Å². The van der Waals surface area contributed by atoms with Crippen molar-refractivity contribution in [3.63, 3.8) is 0 Å². The smallest absolute Gasteiger partial charge is 0.306 e. The zero-order valence-corrected chi connectivity index (χ0v) is 37.8. The third-order valence-electron chi connectivity index (χ3n) is 11.8. The molecule has 338 valence electrons. The van der Waals surface area contributed by atoms with E-state index in [0.717, 1.165) is 105 Å². The Morgan fingerprint density at radius 1 is 0.887 bits per heavy atom. The number of carboxylic acid groups (broad SMARTS) is 1. The van der Waals surface area contributed by atoms with Gasteiger partial charge >= 0.3 is 5.97 Å². The van der Waals surface area contributed by atoms with Crippen LogP contribution in [-0.2, 0) is 58.6 Å². The number of hydrogen-bond acceptors (Lipinski definition) is 17. The number of ether oxygens (including phenoxy) is 1. The number of hydrogen-bond donors (Lipinski definition) is 5. The fourth-order valence-electron chi connectivity index (χ4n) is 8.98. The molecule has 2 aromatic rings. The van der Waals surface area contributed by atoms with Gasteiger partial charge in [-0.25, -0.2) is 15.8 Å². The maximum Gasteiger partial charge on any atom is 0.306 e. The average Bonchev–Trinajstić information content (AvgIpc) is 3.82. The van der Waals surface area contributed by atoms with E-state index in [2.05, 4.69) is 65.3 Å². The number of carbonyl (C=O) groups is 1. The highest BCUT2D eigenvalue weighted by Gasteiger charge is 2.46. The van der Waals surface area contributed by atoms with E-state index in [-0.39, 0.29) is 29.8 Å². The van der Waals surface area contributed by atoms with E-state index in [4.69, 9.17) is 24.8 Å². The summed E-state index contributed by atoms with van der Waals surface area (Å²) >= 11 is 2.81. The minimum Gasteiger partial charge on any atom is -0.492 e. The number of benzene rings is 2. The van der Waals surface area contributed by atoms with Crippen LogP contribution in [-0.4, -0.2) is 81.3 Å². The van der Waals surface area contributed by atoms with Crippen LogP contribution >= 0.6 is 36.1 Å². The third kappa shape index (κ3) is 10.8. The molecule has 0 spiro atoms. The predicted molar refractivity (Wildman–Crippen MR) is 232 cm³/mol. The summed E-state index contributed by atoms with van der Waals surface area (Å²) in [7, 11) is -4.47. The lowest BCUT2D eigenvalue weighted by Gasteiger charge is -2.29. The summed E-state index contributed by atoms with van der Waals surface area (Å²) in [5.41, 5.74) is 6.09. The number of carboxylic acids is 1. The highest BCUT2D eigenvalue weighted by molar-refractivity contribution is 7.95. The molecule has 2 atom stereocenters. The van der Waals surface area contributed by atoms with Gasteiger partial charge in [0, 0.05) is 88.0 Å². The van der Waals surface area contributed by atoms with Gasteiger partial charge in [0.15, 0.2) is 5.71 Å². The number of fused-ring (bicyclic) bond motifs is 4. The summed E-state index contributed by atoms with van der Waals surface area (Å²) in [6, 6.07) is 10.4.